The molecule has 5 rings (SSSR count). The quantitative estimate of drug-likeness (QED) is 0.326. The Hall–Kier alpha value is -3.81. The molecule has 7 heteroatoms. The second-order valence-corrected chi connectivity index (χ2v) is 8.44. The van der Waals surface area contributed by atoms with Crippen molar-refractivity contribution in [2.75, 3.05) is 0 Å². The van der Waals surface area contributed by atoms with Gasteiger partial charge in [0.1, 0.15) is 15.9 Å². The van der Waals surface area contributed by atoms with Gasteiger partial charge in [0.2, 0.25) is 0 Å². The van der Waals surface area contributed by atoms with Gasteiger partial charge < -0.3 is 0 Å². The number of benzene rings is 4. The van der Waals surface area contributed by atoms with Crippen molar-refractivity contribution >= 4 is 43.7 Å². The summed E-state index contributed by atoms with van der Waals surface area (Å²) in [7, 11) is -4.39. The third-order valence-electron chi connectivity index (χ3n) is 5.05. The van der Waals surface area contributed by atoms with Gasteiger partial charge in [-0.15, -0.1) is 15.0 Å². The molecule has 1 aromatic heterocycles. The maximum atomic E-state index is 11.9. The zero-order valence-corrected chi connectivity index (χ0v) is 17.1. The molecule has 0 radical (unpaired) electrons. The van der Waals surface area contributed by atoms with Crippen LogP contribution in [-0.4, -0.2) is 28.0 Å². The topological polar surface area (TPSA) is 85.1 Å². The highest BCUT2D eigenvalue weighted by Gasteiger charge is 2.16. The van der Waals surface area contributed by atoms with Gasteiger partial charge in [-0.1, -0.05) is 78.9 Å². The van der Waals surface area contributed by atoms with Crippen molar-refractivity contribution in [2.45, 2.75) is 4.90 Å². The summed E-state index contributed by atoms with van der Waals surface area (Å²) in [5.74, 6) is 0. The fraction of sp³-hybridized carbons (Fsp3) is 0. The predicted molar refractivity (Wildman–Crippen MR) is 121 cm³/mol. The lowest BCUT2D eigenvalue weighted by molar-refractivity contribution is 0.483. The van der Waals surface area contributed by atoms with Crippen LogP contribution in [0.1, 0.15) is 11.1 Å². The Labute approximate surface area is 178 Å². The van der Waals surface area contributed by atoms with Crippen LogP contribution in [0.15, 0.2) is 95.9 Å². The van der Waals surface area contributed by atoms with Crippen molar-refractivity contribution in [1.29, 1.82) is 0 Å². The van der Waals surface area contributed by atoms with Crippen LogP contribution in [-0.2, 0) is 10.1 Å². The van der Waals surface area contributed by atoms with Crippen molar-refractivity contribution in [1.82, 2.24) is 15.0 Å². The lowest BCUT2D eigenvalue weighted by Crippen LogP contribution is -2.05. The summed E-state index contributed by atoms with van der Waals surface area (Å²) in [6, 6.07) is 27.6. The normalized spacial score (nSPS) is 12.5. The summed E-state index contributed by atoms with van der Waals surface area (Å²) in [4.78, 5) is 1.33. The van der Waals surface area contributed by atoms with Crippen LogP contribution < -0.4 is 0 Å². The third kappa shape index (κ3) is 3.61. The summed E-state index contributed by atoms with van der Waals surface area (Å²) in [6.45, 7) is 0. The van der Waals surface area contributed by atoms with E-state index in [0.717, 1.165) is 27.4 Å². The van der Waals surface area contributed by atoms with Crippen molar-refractivity contribution < 1.29 is 13.0 Å². The largest absolute Gasteiger partial charge is 0.295 e. The van der Waals surface area contributed by atoms with E-state index in [4.69, 9.17) is 5.10 Å². The lowest BCUT2D eigenvalue weighted by atomic mass is 10.1. The Bertz CT molecular complexity index is 1560. The second-order valence-electron chi connectivity index (χ2n) is 7.05. The minimum atomic E-state index is -4.39. The van der Waals surface area contributed by atoms with E-state index in [0.29, 0.717) is 11.3 Å². The number of fused-ring (bicyclic) bond motifs is 3. The molecule has 1 heterocycles. The second kappa shape index (κ2) is 7.46. The minimum absolute atomic E-state index is 0.175. The molecule has 0 unspecified atom stereocenters. The Morgan fingerprint density at radius 1 is 0.806 bits per heavy atom. The molecule has 0 aliphatic rings. The monoisotopic (exact) mass is 427 g/mol. The first-order valence-electron chi connectivity index (χ1n) is 9.59. The fourth-order valence-corrected chi connectivity index (χ4v) is 4.28. The van der Waals surface area contributed by atoms with Gasteiger partial charge in [-0.2, -0.15) is 8.42 Å². The first-order valence-corrected chi connectivity index (χ1v) is 11.0. The molecular formula is C24H17N3O3S. The molecule has 152 valence electrons. The van der Waals surface area contributed by atoms with Gasteiger partial charge in [-0.3, -0.25) is 4.55 Å². The fourth-order valence-electron chi connectivity index (χ4n) is 3.60. The van der Waals surface area contributed by atoms with Crippen molar-refractivity contribution in [3.05, 3.63) is 102 Å². The average molecular weight is 427 g/mol. The molecule has 0 aliphatic carbocycles. The van der Waals surface area contributed by atoms with E-state index < -0.39 is 10.1 Å². The van der Waals surface area contributed by atoms with Gasteiger partial charge in [0.25, 0.3) is 10.1 Å². The summed E-state index contributed by atoms with van der Waals surface area (Å²) < 4.78 is 33.4. The van der Waals surface area contributed by atoms with E-state index in [9.17, 15) is 13.0 Å². The van der Waals surface area contributed by atoms with Crippen LogP contribution in [0, 0.1) is 0 Å². The number of aromatic nitrogens is 3. The number of nitrogens with zero attached hydrogens (tertiary/aromatic N) is 3. The van der Waals surface area contributed by atoms with Crippen molar-refractivity contribution in [3.63, 3.8) is 0 Å². The molecule has 0 atom stereocenters. The van der Waals surface area contributed by atoms with Crippen molar-refractivity contribution in [3.8, 4) is 0 Å². The van der Waals surface area contributed by atoms with Crippen LogP contribution in [0.25, 0.3) is 33.6 Å². The van der Waals surface area contributed by atoms with Crippen LogP contribution in [0.2, 0.25) is 0 Å². The predicted octanol–water partition coefficient (Wildman–Crippen LogP) is 4.88. The van der Waals surface area contributed by atoms with Crippen LogP contribution >= 0.6 is 0 Å². The number of hydrogen-bond donors (Lipinski definition) is 1. The van der Waals surface area contributed by atoms with Crippen molar-refractivity contribution in [2.24, 2.45) is 0 Å². The van der Waals surface area contributed by atoms with E-state index in [1.807, 2.05) is 66.7 Å². The van der Waals surface area contributed by atoms with Crippen LogP contribution in [0.3, 0.4) is 0 Å². The third-order valence-corrected chi connectivity index (χ3v) is 5.98. The lowest BCUT2D eigenvalue weighted by Gasteiger charge is -2.09. The molecule has 31 heavy (non-hydrogen) atoms. The standard InChI is InChI=1S/C24H17N3O3S/c28-31(29,30)23-13-7-5-11-19(23)16-22(18-9-2-1-3-10-18)27-25-21-15-14-17-8-4-6-12-20(17)24(21)26-27/h1-16H,(H,28,29,30). The summed E-state index contributed by atoms with van der Waals surface area (Å²) in [5.41, 5.74) is 3.20. The average Bonchev–Trinajstić information content (AvgIpc) is 3.22. The van der Waals surface area contributed by atoms with Gasteiger partial charge in [0.05, 0.1) is 5.70 Å². The Balaban J connectivity index is 1.78. The smallest absolute Gasteiger partial charge is 0.282 e. The number of hydrogen-bond acceptors (Lipinski definition) is 4. The zero-order valence-electron chi connectivity index (χ0n) is 16.3. The molecule has 4 aromatic carbocycles. The highest BCUT2D eigenvalue weighted by molar-refractivity contribution is 7.85. The van der Waals surface area contributed by atoms with Gasteiger partial charge in [-0.05, 0) is 29.2 Å². The first kappa shape index (κ1) is 19.2. The van der Waals surface area contributed by atoms with E-state index in [1.54, 1.807) is 24.3 Å². The Morgan fingerprint density at radius 2 is 1.52 bits per heavy atom. The zero-order chi connectivity index (χ0) is 21.4. The molecule has 0 saturated carbocycles. The molecule has 1 N–H and O–H groups in total. The van der Waals surface area contributed by atoms with Gasteiger partial charge in [-0.25, -0.2) is 0 Å². The van der Waals surface area contributed by atoms with Gasteiger partial charge in [0, 0.05) is 10.9 Å². The van der Waals surface area contributed by atoms with E-state index >= 15 is 0 Å². The maximum absolute atomic E-state index is 11.9. The molecule has 6 nitrogen and oxygen atoms in total. The number of rotatable bonds is 4. The van der Waals surface area contributed by atoms with E-state index in [2.05, 4.69) is 5.10 Å². The van der Waals surface area contributed by atoms with Gasteiger partial charge >= 0.3 is 0 Å². The highest BCUT2D eigenvalue weighted by atomic mass is 32.2. The molecule has 0 fully saturated rings. The molecule has 5 aromatic rings. The Kier molecular flexibility index (Phi) is 4.62. The van der Waals surface area contributed by atoms with Gasteiger partial charge in [0.15, 0.2) is 0 Å². The molecule has 0 bridgehead atoms. The summed E-state index contributed by atoms with van der Waals surface area (Å²) in [5, 5.41) is 11.4. The van der Waals surface area contributed by atoms with E-state index in [1.165, 1.54) is 10.9 Å². The summed E-state index contributed by atoms with van der Waals surface area (Å²) >= 11 is 0. The molecule has 0 aliphatic heterocycles. The van der Waals surface area contributed by atoms with E-state index in [-0.39, 0.29) is 4.90 Å². The Morgan fingerprint density at radius 3 is 2.32 bits per heavy atom. The van der Waals surface area contributed by atoms with Crippen LogP contribution in [0.5, 0.6) is 0 Å². The summed E-state index contributed by atoms with van der Waals surface area (Å²) in [6.07, 6.45) is 1.67. The molecule has 0 spiro atoms. The first-order chi connectivity index (χ1) is 15.0. The molecular weight excluding hydrogens is 410 g/mol. The maximum Gasteiger partial charge on any atom is 0.295 e. The van der Waals surface area contributed by atoms with Crippen LogP contribution in [0.4, 0.5) is 0 Å². The SMILES string of the molecule is O=S(=O)(O)c1ccccc1C=C(c1ccccc1)n1nc2ccc3ccccc3c2n1. The highest BCUT2D eigenvalue weighted by Crippen LogP contribution is 2.27. The molecule has 0 amide bonds. The minimum Gasteiger partial charge on any atom is -0.282 e. The molecule has 0 saturated heterocycles.